The quantitative estimate of drug-likeness (QED) is 0.0365. The average molecular weight is 663 g/mol. The van der Waals surface area contributed by atoms with Crippen molar-refractivity contribution in [3.8, 4) is 0 Å². The maximum Gasteiger partial charge on any atom is 0.472 e. The standard InChI is InChI=1S/C37H59O8P/c1-4-7-9-11-13-15-17-19-21-23-25-27-29-31-36(38)42-33-35(34-44-46(40,41)43-6-3)45-37(39)32-30-28-26-24-22-20-18-16-14-12-10-8-5-2/h7-10,13-16,19-22,26,28,35H,4-6,11-12,17-18,23-25,27,29-34H2,1-3H3,(H,40,41)/b9-7-,10-8-,15-13-,16-14-,21-19-,22-20-,28-26-. The van der Waals surface area contributed by atoms with E-state index in [9.17, 15) is 19.0 Å². The number of phosphoric acid groups is 1. The van der Waals surface area contributed by atoms with E-state index in [4.69, 9.17) is 18.5 Å². The highest BCUT2D eigenvalue weighted by molar-refractivity contribution is 7.47. The molecule has 0 fully saturated rings. The van der Waals surface area contributed by atoms with Crippen LogP contribution in [0.15, 0.2) is 85.1 Å². The summed E-state index contributed by atoms with van der Waals surface area (Å²) in [6, 6.07) is 0. The molecule has 0 bridgehead atoms. The molecule has 8 nitrogen and oxygen atoms in total. The second-order valence-corrected chi connectivity index (χ2v) is 11.9. The van der Waals surface area contributed by atoms with Gasteiger partial charge in [0.15, 0.2) is 6.10 Å². The van der Waals surface area contributed by atoms with Crippen molar-refractivity contribution in [1.82, 2.24) is 0 Å². The van der Waals surface area contributed by atoms with E-state index in [0.717, 1.165) is 64.2 Å². The first-order chi connectivity index (χ1) is 22.3. The molecule has 0 aromatic rings. The molecular formula is C37H59O8P. The Morgan fingerprint density at radius 2 is 1.09 bits per heavy atom. The Labute approximate surface area is 278 Å². The fraction of sp³-hybridized carbons (Fsp3) is 0.568. The summed E-state index contributed by atoms with van der Waals surface area (Å²) in [5.74, 6) is -0.941. The summed E-state index contributed by atoms with van der Waals surface area (Å²) in [6.45, 7) is 5.06. The SMILES string of the molecule is CC/C=C\C/C=C\C/C=C\C/C=C\CCC(=O)OC(COC(=O)CCCCC/C=C\C/C=C\C/C=C\CC)COP(=O)(O)OCC. The third-order valence-corrected chi connectivity index (χ3v) is 7.27. The first kappa shape index (κ1) is 43.2. The number of phosphoric ester groups is 1. The molecule has 0 radical (unpaired) electrons. The molecule has 0 rings (SSSR count). The van der Waals surface area contributed by atoms with Crippen molar-refractivity contribution in [1.29, 1.82) is 0 Å². The molecule has 2 unspecified atom stereocenters. The number of hydrogen-bond acceptors (Lipinski definition) is 7. The Balaban J connectivity index is 4.41. The van der Waals surface area contributed by atoms with Gasteiger partial charge in [-0.25, -0.2) is 4.57 Å². The van der Waals surface area contributed by atoms with Gasteiger partial charge in [-0.2, -0.15) is 0 Å². The van der Waals surface area contributed by atoms with Crippen LogP contribution >= 0.6 is 7.82 Å². The molecule has 0 saturated carbocycles. The normalized spacial score (nSPS) is 14.6. The maximum atomic E-state index is 12.4. The minimum Gasteiger partial charge on any atom is -0.462 e. The summed E-state index contributed by atoms with van der Waals surface area (Å²) in [5.41, 5.74) is 0. The second-order valence-electron chi connectivity index (χ2n) is 10.4. The molecule has 46 heavy (non-hydrogen) atoms. The van der Waals surface area contributed by atoms with E-state index in [1.54, 1.807) is 6.92 Å². The van der Waals surface area contributed by atoms with Gasteiger partial charge in [0.25, 0.3) is 0 Å². The van der Waals surface area contributed by atoms with E-state index < -0.39 is 32.5 Å². The highest BCUT2D eigenvalue weighted by atomic mass is 31.2. The first-order valence-electron chi connectivity index (χ1n) is 16.9. The molecule has 0 amide bonds. The van der Waals surface area contributed by atoms with Crippen LogP contribution in [-0.2, 0) is 32.7 Å². The van der Waals surface area contributed by atoms with E-state index in [-0.39, 0.29) is 26.1 Å². The van der Waals surface area contributed by atoms with Crippen LogP contribution in [0.5, 0.6) is 0 Å². The Bertz CT molecular complexity index is 1020. The lowest BCUT2D eigenvalue weighted by Crippen LogP contribution is -2.29. The summed E-state index contributed by atoms with van der Waals surface area (Å²) in [5, 5.41) is 0. The zero-order chi connectivity index (χ0) is 34.0. The Morgan fingerprint density at radius 3 is 1.61 bits per heavy atom. The number of allylic oxidation sites excluding steroid dienone is 14. The third kappa shape index (κ3) is 31.2. The summed E-state index contributed by atoms with van der Waals surface area (Å²) in [4.78, 5) is 34.4. The molecule has 0 aromatic heterocycles. The van der Waals surface area contributed by atoms with Crippen molar-refractivity contribution in [2.24, 2.45) is 0 Å². The van der Waals surface area contributed by atoms with Crippen LogP contribution in [0.2, 0.25) is 0 Å². The van der Waals surface area contributed by atoms with Crippen LogP contribution in [0.1, 0.15) is 111 Å². The maximum absolute atomic E-state index is 12.4. The molecule has 0 aliphatic rings. The lowest BCUT2D eigenvalue weighted by Gasteiger charge is -2.19. The highest BCUT2D eigenvalue weighted by Gasteiger charge is 2.25. The zero-order valence-corrected chi connectivity index (χ0v) is 29.3. The topological polar surface area (TPSA) is 108 Å². The van der Waals surface area contributed by atoms with E-state index in [2.05, 4.69) is 86.8 Å². The number of ether oxygens (including phenoxy) is 2. The van der Waals surface area contributed by atoms with E-state index >= 15 is 0 Å². The largest absolute Gasteiger partial charge is 0.472 e. The smallest absolute Gasteiger partial charge is 0.462 e. The van der Waals surface area contributed by atoms with Gasteiger partial charge in [-0.15, -0.1) is 0 Å². The Kier molecular flexibility index (Phi) is 30.2. The molecule has 9 heteroatoms. The molecular weight excluding hydrogens is 603 g/mol. The first-order valence-corrected chi connectivity index (χ1v) is 18.4. The molecule has 2 atom stereocenters. The second kappa shape index (κ2) is 32.2. The molecule has 0 aromatic carbocycles. The van der Waals surface area contributed by atoms with Crippen molar-refractivity contribution in [3.63, 3.8) is 0 Å². The fourth-order valence-corrected chi connectivity index (χ4v) is 4.59. The number of carbonyl (C=O) groups is 2. The van der Waals surface area contributed by atoms with Crippen LogP contribution in [-0.4, -0.2) is 42.8 Å². The van der Waals surface area contributed by atoms with Crippen LogP contribution in [0.25, 0.3) is 0 Å². The van der Waals surface area contributed by atoms with Crippen molar-refractivity contribution < 1.29 is 37.6 Å². The van der Waals surface area contributed by atoms with Crippen molar-refractivity contribution in [3.05, 3.63) is 85.1 Å². The van der Waals surface area contributed by atoms with E-state index in [1.165, 1.54) is 0 Å². The molecule has 0 saturated heterocycles. The van der Waals surface area contributed by atoms with Crippen molar-refractivity contribution in [2.75, 3.05) is 19.8 Å². The van der Waals surface area contributed by atoms with Crippen molar-refractivity contribution >= 4 is 19.8 Å². The molecule has 1 N–H and O–H groups in total. The summed E-state index contributed by atoms with van der Waals surface area (Å²) in [7, 11) is -4.30. The number of hydrogen-bond donors (Lipinski definition) is 1. The number of rotatable bonds is 29. The lowest BCUT2D eigenvalue weighted by atomic mass is 10.1. The predicted molar refractivity (Wildman–Crippen MR) is 188 cm³/mol. The average Bonchev–Trinajstić information content (AvgIpc) is 3.03. The van der Waals surface area contributed by atoms with Gasteiger partial charge in [0.2, 0.25) is 0 Å². The van der Waals surface area contributed by atoms with Gasteiger partial charge in [-0.1, -0.05) is 105 Å². The van der Waals surface area contributed by atoms with Crippen LogP contribution in [0, 0.1) is 0 Å². The molecule has 0 spiro atoms. The minimum absolute atomic E-state index is 0.0220. The van der Waals surface area contributed by atoms with Gasteiger partial charge in [-0.05, 0) is 77.6 Å². The van der Waals surface area contributed by atoms with E-state index in [1.807, 2.05) is 12.2 Å². The summed E-state index contributed by atoms with van der Waals surface area (Å²) in [6.07, 6.45) is 39.5. The van der Waals surface area contributed by atoms with Crippen LogP contribution in [0.3, 0.4) is 0 Å². The molecule has 0 heterocycles. The Morgan fingerprint density at radius 1 is 0.587 bits per heavy atom. The van der Waals surface area contributed by atoms with Gasteiger partial charge >= 0.3 is 19.8 Å². The van der Waals surface area contributed by atoms with Gasteiger partial charge in [0.05, 0.1) is 13.2 Å². The number of esters is 2. The van der Waals surface area contributed by atoms with E-state index in [0.29, 0.717) is 12.8 Å². The molecule has 0 aliphatic heterocycles. The zero-order valence-electron chi connectivity index (χ0n) is 28.4. The van der Waals surface area contributed by atoms with Crippen molar-refractivity contribution in [2.45, 2.75) is 117 Å². The predicted octanol–water partition coefficient (Wildman–Crippen LogP) is 9.99. The Hall–Kier alpha value is -2.77. The molecule has 260 valence electrons. The van der Waals surface area contributed by atoms with Crippen LogP contribution in [0.4, 0.5) is 0 Å². The fourth-order valence-electron chi connectivity index (χ4n) is 3.83. The van der Waals surface area contributed by atoms with Gasteiger partial charge in [0, 0.05) is 12.8 Å². The highest BCUT2D eigenvalue weighted by Crippen LogP contribution is 2.43. The lowest BCUT2D eigenvalue weighted by molar-refractivity contribution is -0.161. The monoisotopic (exact) mass is 662 g/mol. The van der Waals surface area contributed by atoms with Gasteiger partial charge in [0.1, 0.15) is 6.61 Å². The summed E-state index contributed by atoms with van der Waals surface area (Å²) < 4.78 is 32.3. The summed E-state index contributed by atoms with van der Waals surface area (Å²) >= 11 is 0. The van der Waals surface area contributed by atoms with Crippen LogP contribution < -0.4 is 0 Å². The van der Waals surface area contributed by atoms with Gasteiger partial charge < -0.3 is 14.4 Å². The number of unbranched alkanes of at least 4 members (excludes halogenated alkanes) is 3. The minimum atomic E-state index is -4.30. The third-order valence-electron chi connectivity index (χ3n) is 6.21. The van der Waals surface area contributed by atoms with Gasteiger partial charge in [-0.3, -0.25) is 18.6 Å². The number of carbonyl (C=O) groups excluding carboxylic acids is 2. The molecule has 0 aliphatic carbocycles.